The van der Waals surface area contributed by atoms with Crippen molar-refractivity contribution < 1.29 is 14.3 Å². The Morgan fingerprint density at radius 1 is 1.10 bits per heavy atom. The minimum absolute atomic E-state index is 0.0731. The van der Waals surface area contributed by atoms with Gasteiger partial charge in [-0.1, -0.05) is 35.1 Å². The van der Waals surface area contributed by atoms with E-state index in [1.165, 1.54) is 16.7 Å². The van der Waals surface area contributed by atoms with E-state index in [0.29, 0.717) is 22.2 Å². The fourth-order valence-corrected chi connectivity index (χ4v) is 7.06. The molecule has 3 heterocycles. The van der Waals surface area contributed by atoms with Crippen molar-refractivity contribution in [2.45, 2.75) is 17.4 Å². The fourth-order valence-electron chi connectivity index (χ4n) is 4.38. The lowest BCUT2D eigenvalue weighted by Gasteiger charge is -2.38. The molecule has 2 aromatic carbocycles. The Labute approximate surface area is 191 Å². The quantitative estimate of drug-likeness (QED) is 0.575. The number of carbonyl (C=O) groups excluding carboxylic acids is 2. The molecule has 1 N–H and O–H groups in total. The van der Waals surface area contributed by atoms with Crippen LogP contribution in [-0.2, 0) is 9.59 Å². The topological polar surface area (TPSA) is 79.5 Å². The van der Waals surface area contributed by atoms with Gasteiger partial charge in [0.25, 0.3) is 0 Å². The molecule has 2 unspecified atom stereocenters. The minimum Gasteiger partial charge on any atom is -0.497 e. The van der Waals surface area contributed by atoms with E-state index in [2.05, 4.69) is 4.98 Å². The Bertz CT molecular complexity index is 1240. The first-order valence-electron chi connectivity index (χ1n) is 9.56. The normalized spacial score (nSPS) is 22.8. The molecule has 9 heteroatoms. The number of aromatic nitrogens is 1. The van der Waals surface area contributed by atoms with Crippen LogP contribution in [0.2, 0.25) is 5.02 Å². The Hall–Kier alpha value is -2.55. The third-order valence-corrected chi connectivity index (χ3v) is 8.41. The molecule has 5 rings (SSSR count). The monoisotopic (exact) mass is 472 g/mol. The standard InChI is InChI=1S/C22H17ClN2O4S2/c1-29-15-8-2-12(3-9-15)17-18-19(24-21(28)31-18)30-11-22(17)10-16(26)25(20(22)27)14-6-4-13(23)5-7-14/h2-9,17H,10-11H2,1H3,(H,24,28). The highest BCUT2D eigenvalue weighted by Crippen LogP contribution is 2.57. The number of nitrogens with one attached hydrogen (secondary N) is 1. The lowest BCUT2D eigenvalue weighted by Crippen LogP contribution is -2.43. The smallest absolute Gasteiger partial charge is 0.305 e. The summed E-state index contributed by atoms with van der Waals surface area (Å²) in [6, 6.07) is 14.1. The average Bonchev–Trinajstić information content (AvgIpc) is 3.25. The number of benzene rings is 2. The number of thiazole rings is 1. The van der Waals surface area contributed by atoms with Gasteiger partial charge in [0.1, 0.15) is 5.75 Å². The molecule has 0 aliphatic carbocycles. The van der Waals surface area contributed by atoms with Crippen molar-refractivity contribution in [3.63, 3.8) is 0 Å². The number of rotatable bonds is 3. The third kappa shape index (κ3) is 3.21. The molecule has 0 saturated carbocycles. The van der Waals surface area contributed by atoms with Crippen LogP contribution in [0.15, 0.2) is 58.4 Å². The number of anilines is 1. The summed E-state index contributed by atoms with van der Waals surface area (Å²) >= 11 is 8.52. The highest BCUT2D eigenvalue weighted by molar-refractivity contribution is 7.99. The number of aromatic amines is 1. The summed E-state index contributed by atoms with van der Waals surface area (Å²) in [6.07, 6.45) is 0.0731. The number of hydrogen-bond acceptors (Lipinski definition) is 6. The van der Waals surface area contributed by atoms with Crippen molar-refractivity contribution in [3.8, 4) is 5.75 Å². The number of H-pyrrole nitrogens is 1. The molecule has 3 aromatic rings. The first-order valence-corrected chi connectivity index (χ1v) is 11.7. The predicted molar refractivity (Wildman–Crippen MR) is 121 cm³/mol. The van der Waals surface area contributed by atoms with Crippen molar-refractivity contribution in [3.05, 3.63) is 73.7 Å². The maximum Gasteiger partial charge on any atom is 0.305 e. The van der Waals surface area contributed by atoms with Crippen molar-refractivity contribution >= 4 is 52.2 Å². The molecule has 2 aliphatic rings. The summed E-state index contributed by atoms with van der Waals surface area (Å²) in [5, 5.41) is 1.30. The lowest BCUT2D eigenvalue weighted by atomic mass is 9.71. The molecule has 1 saturated heterocycles. The van der Waals surface area contributed by atoms with Crippen LogP contribution < -0.4 is 14.5 Å². The molecule has 2 atom stereocenters. The second kappa shape index (κ2) is 7.55. The van der Waals surface area contributed by atoms with Gasteiger partial charge in [0, 0.05) is 28.0 Å². The van der Waals surface area contributed by atoms with E-state index in [1.807, 2.05) is 24.3 Å². The number of amides is 2. The van der Waals surface area contributed by atoms with E-state index in [0.717, 1.165) is 26.8 Å². The van der Waals surface area contributed by atoms with Gasteiger partial charge in [0.05, 0.1) is 23.2 Å². The van der Waals surface area contributed by atoms with E-state index < -0.39 is 11.3 Å². The molecule has 1 fully saturated rings. The zero-order valence-electron chi connectivity index (χ0n) is 16.4. The number of nitrogens with zero attached hydrogens (tertiary/aromatic N) is 1. The van der Waals surface area contributed by atoms with Gasteiger partial charge in [-0.15, -0.1) is 11.8 Å². The number of ether oxygens (including phenoxy) is 1. The lowest BCUT2D eigenvalue weighted by molar-refractivity contribution is -0.125. The van der Waals surface area contributed by atoms with Crippen LogP contribution in [0.5, 0.6) is 5.75 Å². The number of methoxy groups -OCH3 is 1. The van der Waals surface area contributed by atoms with Crippen LogP contribution in [0.25, 0.3) is 0 Å². The van der Waals surface area contributed by atoms with Crippen LogP contribution in [0, 0.1) is 5.41 Å². The van der Waals surface area contributed by atoms with Gasteiger partial charge in [-0.05, 0) is 42.0 Å². The Morgan fingerprint density at radius 3 is 2.48 bits per heavy atom. The summed E-state index contributed by atoms with van der Waals surface area (Å²) in [6.45, 7) is 0. The molecule has 0 bridgehead atoms. The molecular weight excluding hydrogens is 456 g/mol. The van der Waals surface area contributed by atoms with Crippen LogP contribution in [0.4, 0.5) is 5.69 Å². The zero-order valence-corrected chi connectivity index (χ0v) is 18.8. The van der Waals surface area contributed by atoms with E-state index in [1.54, 1.807) is 31.4 Å². The Kier molecular flexibility index (Phi) is 4.96. The van der Waals surface area contributed by atoms with Gasteiger partial charge in [0.2, 0.25) is 11.8 Å². The second-order valence-corrected chi connectivity index (χ2v) is 9.98. The van der Waals surface area contributed by atoms with E-state index in [4.69, 9.17) is 16.3 Å². The highest BCUT2D eigenvalue weighted by atomic mass is 35.5. The molecule has 31 heavy (non-hydrogen) atoms. The summed E-state index contributed by atoms with van der Waals surface area (Å²) < 4.78 is 5.27. The van der Waals surface area contributed by atoms with E-state index >= 15 is 0 Å². The first-order chi connectivity index (χ1) is 14.9. The van der Waals surface area contributed by atoms with Crippen LogP contribution >= 0.6 is 34.7 Å². The molecular formula is C22H17ClN2O4S2. The number of fused-ring (bicyclic) bond motifs is 1. The van der Waals surface area contributed by atoms with Gasteiger partial charge in [0.15, 0.2) is 0 Å². The van der Waals surface area contributed by atoms with Gasteiger partial charge in [-0.25, -0.2) is 4.90 Å². The molecule has 2 aliphatic heterocycles. The number of thioether (sulfide) groups is 1. The second-order valence-electron chi connectivity index (χ2n) is 7.55. The Morgan fingerprint density at radius 2 is 1.81 bits per heavy atom. The van der Waals surface area contributed by atoms with Crippen molar-refractivity contribution in [1.29, 1.82) is 0 Å². The van der Waals surface area contributed by atoms with Crippen LogP contribution in [0.1, 0.15) is 22.8 Å². The third-order valence-electron chi connectivity index (χ3n) is 5.81. The van der Waals surface area contributed by atoms with E-state index in [-0.39, 0.29) is 23.1 Å². The molecule has 2 amide bonds. The number of hydrogen-bond donors (Lipinski definition) is 1. The molecule has 1 aromatic heterocycles. The minimum atomic E-state index is -0.978. The SMILES string of the molecule is COc1ccc(C2c3sc(=O)[nH]c3SCC23CC(=O)N(c2ccc(Cl)cc2)C3=O)cc1. The van der Waals surface area contributed by atoms with Crippen molar-refractivity contribution in [2.75, 3.05) is 17.8 Å². The maximum absolute atomic E-state index is 13.9. The molecule has 1 spiro atoms. The van der Waals surface area contributed by atoms with Crippen molar-refractivity contribution in [2.24, 2.45) is 5.41 Å². The van der Waals surface area contributed by atoms with Crippen LogP contribution in [-0.4, -0.2) is 29.7 Å². The maximum atomic E-state index is 13.9. The van der Waals surface area contributed by atoms with Gasteiger partial charge >= 0.3 is 4.87 Å². The number of halogens is 1. The summed E-state index contributed by atoms with van der Waals surface area (Å²) in [5.41, 5.74) is 0.396. The van der Waals surface area contributed by atoms with Gasteiger partial charge in [-0.3, -0.25) is 14.4 Å². The molecule has 0 radical (unpaired) electrons. The van der Waals surface area contributed by atoms with Gasteiger partial charge < -0.3 is 9.72 Å². The summed E-state index contributed by atoms with van der Waals surface area (Å²) in [4.78, 5) is 43.9. The van der Waals surface area contributed by atoms with E-state index in [9.17, 15) is 14.4 Å². The molecule has 6 nitrogen and oxygen atoms in total. The fraction of sp³-hybridized carbons (Fsp3) is 0.227. The summed E-state index contributed by atoms with van der Waals surface area (Å²) in [5.74, 6) is 0.185. The van der Waals surface area contributed by atoms with Crippen molar-refractivity contribution in [1.82, 2.24) is 4.98 Å². The van der Waals surface area contributed by atoms with Gasteiger partial charge in [-0.2, -0.15) is 0 Å². The molecule has 158 valence electrons. The number of carbonyl (C=O) groups is 2. The largest absolute Gasteiger partial charge is 0.497 e. The predicted octanol–water partition coefficient (Wildman–Crippen LogP) is 4.29. The first kappa shape index (κ1) is 20.4. The average molecular weight is 473 g/mol. The van der Waals surface area contributed by atoms with Crippen LogP contribution in [0.3, 0.4) is 0 Å². The number of imide groups is 1. The zero-order chi connectivity index (χ0) is 21.8. The summed E-state index contributed by atoms with van der Waals surface area (Å²) in [7, 11) is 1.59. The highest BCUT2D eigenvalue weighted by Gasteiger charge is 2.59. The Balaban J connectivity index is 1.65.